The van der Waals surface area contributed by atoms with Crippen molar-refractivity contribution < 1.29 is 32.9 Å². The summed E-state index contributed by atoms with van der Waals surface area (Å²) in [6.07, 6.45) is -0.961. The molecule has 4 rings (SSSR count). The summed E-state index contributed by atoms with van der Waals surface area (Å²) >= 11 is 3.19. The lowest BCUT2D eigenvalue weighted by Crippen LogP contribution is -2.58. The number of benzene rings is 2. The molecule has 0 radical (unpaired) electrons. The summed E-state index contributed by atoms with van der Waals surface area (Å²) in [6.45, 7) is -0.165. The van der Waals surface area contributed by atoms with Gasteiger partial charge in [0.25, 0.3) is 0 Å². The quantitative estimate of drug-likeness (QED) is 0.600. The maximum absolute atomic E-state index is 14.2. The Morgan fingerprint density at radius 2 is 2.00 bits per heavy atom. The number of hydrogen-bond acceptors (Lipinski definition) is 5. The average molecular weight is 501 g/mol. The Hall–Kier alpha value is -2.30. The highest BCUT2D eigenvalue weighted by Gasteiger charge is 2.42. The van der Waals surface area contributed by atoms with Crippen LogP contribution in [-0.2, 0) is 11.2 Å². The van der Waals surface area contributed by atoms with Crippen LogP contribution in [0.25, 0.3) is 0 Å². The van der Waals surface area contributed by atoms with Gasteiger partial charge in [0, 0.05) is 35.6 Å². The van der Waals surface area contributed by atoms with E-state index >= 15 is 0 Å². The van der Waals surface area contributed by atoms with Crippen LogP contribution < -0.4 is 15.0 Å². The molecule has 0 bridgehead atoms. The molecule has 3 N–H and O–H groups in total. The fourth-order valence-corrected chi connectivity index (χ4v) is 4.21. The fraction of sp³-hybridized carbons (Fsp3) is 0.381. The van der Waals surface area contributed by atoms with Crippen molar-refractivity contribution in [2.75, 3.05) is 29.9 Å². The van der Waals surface area contributed by atoms with Gasteiger partial charge >= 0.3 is 0 Å². The smallest absolute Gasteiger partial charge is 0.224 e. The first-order valence-corrected chi connectivity index (χ1v) is 10.5. The topological polar surface area (TPSA) is 82.0 Å². The molecular weight excluding hydrogens is 481 g/mol. The van der Waals surface area contributed by atoms with Crippen molar-refractivity contribution in [3.63, 3.8) is 0 Å². The predicted molar refractivity (Wildman–Crippen MR) is 111 cm³/mol. The van der Waals surface area contributed by atoms with E-state index in [9.17, 15) is 28.2 Å². The third kappa shape index (κ3) is 4.24. The number of carbonyl (C=O) groups is 1. The number of ether oxygens (including phenoxy) is 1. The number of hydrogen-bond donors (Lipinski definition) is 3. The predicted octanol–water partition coefficient (Wildman–Crippen LogP) is 3.13. The number of β-amino-alcohol motifs (C(OH)–C–C–N with tert-alkyl or cyclic N) is 1. The Morgan fingerprint density at radius 3 is 2.71 bits per heavy atom. The molecule has 2 heterocycles. The lowest BCUT2D eigenvalue weighted by Gasteiger charge is -2.42. The molecule has 2 aromatic carbocycles. The maximum Gasteiger partial charge on any atom is 0.224 e. The Bertz CT molecular complexity index is 1040. The van der Waals surface area contributed by atoms with E-state index in [1.54, 1.807) is 17.0 Å². The van der Waals surface area contributed by atoms with Gasteiger partial charge in [-0.3, -0.25) is 4.79 Å². The van der Waals surface area contributed by atoms with Gasteiger partial charge < -0.3 is 25.2 Å². The molecule has 0 aliphatic carbocycles. The summed E-state index contributed by atoms with van der Waals surface area (Å²) in [7, 11) is 0. The zero-order valence-electron chi connectivity index (χ0n) is 16.3. The zero-order chi connectivity index (χ0) is 22.3. The minimum Gasteiger partial charge on any atom is -0.490 e. The standard InChI is InChI=1S/C21H20BrF3N2O4/c22-11-1-3-15(13(23)7-11)27-6-5-21(30,17(28)9-27)10-31-16-8-14(24)19(25)20-12(16)2-4-18(29)26-20/h1,3,7-8,17,28,30H,2,4-6,9-10H2,(H,26,29). The van der Waals surface area contributed by atoms with Gasteiger partial charge in [0.15, 0.2) is 11.6 Å². The van der Waals surface area contributed by atoms with Gasteiger partial charge in [0.05, 0.1) is 11.4 Å². The van der Waals surface area contributed by atoms with Crippen molar-refractivity contribution in [2.24, 2.45) is 0 Å². The van der Waals surface area contributed by atoms with Crippen LogP contribution in [0, 0.1) is 17.5 Å². The second-order valence-corrected chi connectivity index (χ2v) is 8.69. The first kappa shape index (κ1) is 21.9. The number of aliphatic hydroxyl groups is 2. The average Bonchev–Trinajstić information content (AvgIpc) is 2.72. The summed E-state index contributed by atoms with van der Waals surface area (Å²) < 4.78 is 48.5. The molecule has 2 unspecified atom stereocenters. The summed E-state index contributed by atoms with van der Waals surface area (Å²) in [4.78, 5) is 13.2. The molecule has 2 aromatic rings. The van der Waals surface area contributed by atoms with E-state index in [-0.39, 0.29) is 50.4 Å². The Balaban J connectivity index is 1.49. The van der Waals surface area contributed by atoms with Crippen molar-refractivity contribution >= 4 is 33.2 Å². The Labute approximate surface area is 184 Å². The van der Waals surface area contributed by atoms with Crippen LogP contribution in [0.15, 0.2) is 28.7 Å². The molecule has 2 atom stereocenters. The number of nitrogens with one attached hydrogen (secondary N) is 1. The van der Waals surface area contributed by atoms with E-state index in [1.807, 2.05) is 0 Å². The summed E-state index contributed by atoms with van der Waals surface area (Å²) in [6, 6.07) is 5.44. The van der Waals surface area contributed by atoms with Crippen molar-refractivity contribution in [1.82, 2.24) is 0 Å². The molecule has 166 valence electrons. The zero-order valence-corrected chi connectivity index (χ0v) is 17.9. The summed E-state index contributed by atoms with van der Waals surface area (Å²) in [5, 5.41) is 23.8. The summed E-state index contributed by atoms with van der Waals surface area (Å²) in [5.74, 6) is -3.25. The van der Waals surface area contributed by atoms with Crippen LogP contribution in [0.1, 0.15) is 18.4 Å². The number of aliphatic hydroxyl groups excluding tert-OH is 1. The number of rotatable bonds is 4. The minimum absolute atomic E-state index is 0.00379. The molecule has 1 saturated heterocycles. The number of piperidine rings is 1. The van der Waals surface area contributed by atoms with Gasteiger partial charge in [0.1, 0.15) is 29.9 Å². The second-order valence-electron chi connectivity index (χ2n) is 7.77. The van der Waals surface area contributed by atoms with E-state index in [4.69, 9.17) is 4.74 Å². The van der Waals surface area contributed by atoms with Crippen molar-refractivity contribution in [3.8, 4) is 5.75 Å². The van der Waals surface area contributed by atoms with Crippen LogP contribution >= 0.6 is 15.9 Å². The van der Waals surface area contributed by atoms with Crippen LogP contribution in [0.5, 0.6) is 5.75 Å². The number of anilines is 2. The number of fused-ring (bicyclic) bond motifs is 1. The van der Waals surface area contributed by atoms with Crippen molar-refractivity contribution in [2.45, 2.75) is 31.0 Å². The Morgan fingerprint density at radius 1 is 1.23 bits per heavy atom. The lowest BCUT2D eigenvalue weighted by atomic mass is 9.89. The molecule has 1 fully saturated rings. The number of halogens is 4. The van der Waals surface area contributed by atoms with Gasteiger partial charge in [-0.2, -0.15) is 0 Å². The van der Waals surface area contributed by atoms with E-state index in [1.165, 1.54) is 6.07 Å². The van der Waals surface area contributed by atoms with Gasteiger partial charge in [-0.15, -0.1) is 0 Å². The largest absolute Gasteiger partial charge is 0.490 e. The van der Waals surface area contributed by atoms with Crippen LogP contribution in [0.4, 0.5) is 24.5 Å². The molecule has 0 saturated carbocycles. The van der Waals surface area contributed by atoms with E-state index in [0.29, 0.717) is 15.7 Å². The SMILES string of the molecule is O=C1CCc2c(OCC3(O)CCN(c4ccc(Br)cc4F)CC3O)cc(F)c(F)c2N1. The first-order chi connectivity index (χ1) is 14.7. The molecule has 0 spiro atoms. The van der Waals surface area contributed by atoms with E-state index < -0.39 is 35.1 Å². The van der Waals surface area contributed by atoms with Crippen LogP contribution in [0.2, 0.25) is 0 Å². The second kappa shape index (κ2) is 8.33. The number of carbonyl (C=O) groups excluding carboxylic acids is 1. The monoisotopic (exact) mass is 500 g/mol. The lowest BCUT2D eigenvalue weighted by molar-refractivity contribution is -0.116. The van der Waals surface area contributed by atoms with Gasteiger partial charge in [0.2, 0.25) is 5.91 Å². The highest BCUT2D eigenvalue weighted by molar-refractivity contribution is 9.10. The first-order valence-electron chi connectivity index (χ1n) is 9.72. The van der Waals surface area contributed by atoms with Crippen LogP contribution in [0.3, 0.4) is 0 Å². The molecule has 0 aromatic heterocycles. The van der Waals surface area contributed by atoms with Gasteiger partial charge in [-0.25, -0.2) is 13.2 Å². The molecule has 10 heteroatoms. The van der Waals surface area contributed by atoms with Gasteiger partial charge in [-0.05, 0) is 31.0 Å². The summed E-state index contributed by atoms with van der Waals surface area (Å²) in [5.41, 5.74) is -1.33. The van der Waals surface area contributed by atoms with E-state index in [2.05, 4.69) is 21.2 Å². The molecule has 31 heavy (non-hydrogen) atoms. The van der Waals surface area contributed by atoms with E-state index in [0.717, 1.165) is 6.07 Å². The molecule has 2 aliphatic rings. The molecule has 1 amide bonds. The highest BCUT2D eigenvalue weighted by atomic mass is 79.9. The third-order valence-corrected chi connectivity index (χ3v) is 6.20. The molecule has 6 nitrogen and oxygen atoms in total. The minimum atomic E-state index is -1.67. The van der Waals surface area contributed by atoms with Crippen molar-refractivity contribution in [3.05, 3.63) is 51.8 Å². The van der Waals surface area contributed by atoms with Gasteiger partial charge in [-0.1, -0.05) is 15.9 Å². The Kier molecular flexibility index (Phi) is 5.89. The molecule has 2 aliphatic heterocycles. The number of nitrogens with zero attached hydrogens (tertiary/aromatic N) is 1. The highest BCUT2D eigenvalue weighted by Crippen LogP contribution is 2.37. The van der Waals surface area contributed by atoms with Crippen molar-refractivity contribution in [1.29, 1.82) is 0 Å². The molecular formula is C21H20BrF3N2O4. The maximum atomic E-state index is 14.2. The normalized spacial score (nSPS) is 23.4. The van der Waals surface area contributed by atoms with Crippen LogP contribution in [-0.4, -0.2) is 47.5 Å². The fourth-order valence-electron chi connectivity index (χ4n) is 3.88. The third-order valence-electron chi connectivity index (χ3n) is 5.71. The number of amides is 1.